The van der Waals surface area contributed by atoms with E-state index in [-0.39, 0.29) is 30.6 Å². The molecular formula is C24H16BrFN2O4S2. The smallest absolute Gasteiger partial charge is 0.269 e. The molecule has 0 aromatic heterocycles. The van der Waals surface area contributed by atoms with E-state index in [0.29, 0.717) is 25.0 Å². The van der Waals surface area contributed by atoms with Gasteiger partial charge in [0.05, 0.1) is 20.8 Å². The van der Waals surface area contributed by atoms with E-state index in [1.807, 2.05) is 6.07 Å². The van der Waals surface area contributed by atoms with Crippen LogP contribution in [0.5, 0.6) is 5.75 Å². The molecule has 1 amide bonds. The van der Waals surface area contributed by atoms with Crippen molar-refractivity contribution in [3.8, 4) is 5.75 Å². The van der Waals surface area contributed by atoms with Gasteiger partial charge in [-0.15, -0.1) is 0 Å². The number of benzene rings is 3. The Morgan fingerprint density at radius 3 is 2.59 bits per heavy atom. The molecule has 34 heavy (non-hydrogen) atoms. The van der Waals surface area contributed by atoms with Crippen molar-refractivity contribution in [2.45, 2.75) is 13.2 Å². The number of nitro groups is 1. The first-order valence-electron chi connectivity index (χ1n) is 9.95. The molecule has 0 spiro atoms. The molecule has 1 heterocycles. The van der Waals surface area contributed by atoms with Crippen molar-refractivity contribution in [2.75, 3.05) is 0 Å². The molecule has 0 saturated carbocycles. The van der Waals surface area contributed by atoms with Crippen molar-refractivity contribution in [3.63, 3.8) is 0 Å². The Kier molecular flexibility index (Phi) is 7.40. The van der Waals surface area contributed by atoms with Crippen molar-refractivity contribution in [1.29, 1.82) is 0 Å². The maximum Gasteiger partial charge on any atom is 0.269 e. The van der Waals surface area contributed by atoms with Crippen LogP contribution in [0.3, 0.4) is 0 Å². The first-order chi connectivity index (χ1) is 16.3. The van der Waals surface area contributed by atoms with Gasteiger partial charge in [0.1, 0.15) is 22.5 Å². The minimum absolute atomic E-state index is 0.00672. The molecule has 1 aliphatic heterocycles. The van der Waals surface area contributed by atoms with Crippen molar-refractivity contribution < 1.29 is 18.8 Å². The van der Waals surface area contributed by atoms with E-state index < -0.39 is 4.92 Å². The zero-order valence-corrected chi connectivity index (χ0v) is 20.7. The summed E-state index contributed by atoms with van der Waals surface area (Å²) in [5.74, 6) is 0.0195. The number of carbonyl (C=O) groups excluding carboxylic acids is 1. The lowest BCUT2D eigenvalue weighted by Gasteiger charge is -2.14. The predicted octanol–water partition coefficient (Wildman–Crippen LogP) is 6.48. The van der Waals surface area contributed by atoms with Gasteiger partial charge in [-0.05, 0) is 63.0 Å². The molecule has 1 saturated heterocycles. The molecule has 3 aromatic carbocycles. The summed E-state index contributed by atoms with van der Waals surface area (Å²) in [7, 11) is 0. The molecule has 6 nitrogen and oxygen atoms in total. The summed E-state index contributed by atoms with van der Waals surface area (Å²) in [6.07, 6.45) is 1.75. The minimum atomic E-state index is -0.448. The molecule has 1 aliphatic rings. The number of non-ortho nitro benzene ring substituents is 1. The lowest BCUT2D eigenvalue weighted by molar-refractivity contribution is -0.384. The van der Waals surface area contributed by atoms with Crippen LogP contribution in [-0.4, -0.2) is 20.1 Å². The lowest BCUT2D eigenvalue weighted by atomic mass is 10.2. The van der Waals surface area contributed by atoms with Crippen LogP contribution in [0.25, 0.3) is 6.08 Å². The topological polar surface area (TPSA) is 72.7 Å². The number of hydrogen-bond acceptors (Lipinski definition) is 6. The second-order valence-corrected chi connectivity index (χ2v) is 9.83. The summed E-state index contributed by atoms with van der Waals surface area (Å²) < 4.78 is 20.1. The summed E-state index contributed by atoms with van der Waals surface area (Å²) in [5.41, 5.74) is 2.24. The monoisotopic (exact) mass is 558 g/mol. The molecule has 4 rings (SSSR count). The van der Waals surface area contributed by atoms with Gasteiger partial charge in [-0.1, -0.05) is 54.3 Å². The Balaban J connectivity index is 1.44. The van der Waals surface area contributed by atoms with Gasteiger partial charge in [-0.2, -0.15) is 0 Å². The first kappa shape index (κ1) is 24.1. The highest BCUT2D eigenvalue weighted by atomic mass is 79.9. The fourth-order valence-corrected chi connectivity index (χ4v) is 4.97. The molecule has 3 aromatic rings. The first-order valence-corrected chi connectivity index (χ1v) is 12.0. The van der Waals surface area contributed by atoms with Gasteiger partial charge in [0.25, 0.3) is 11.6 Å². The molecule has 1 fully saturated rings. The quantitative estimate of drug-likeness (QED) is 0.143. The van der Waals surface area contributed by atoms with Crippen LogP contribution in [0, 0.1) is 15.9 Å². The standard InChI is InChI=1S/C24H16BrFN2O4S2/c25-20-11-16(6-9-21(20)32-14-17-2-1-3-19(10-17)28(30)31)12-22-23(29)27(24(33)34-22)13-15-4-7-18(26)8-5-15/h1-12H,13-14H2. The Morgan fingerprint density at radius 1 is 1.12 bits per heavy atom. The average Bonchev–Trinajstić information content (AvgIpc) is 3.07. The van der Waals surface area contributed by atoms with E-state index in [9.17, 15) is 19.3 Å². The molecule has 0 atom stereocenters. The lowest BCUT2D eigenvalue weighted by Crippen LogP contribution is -2.27. The zero-order valence-electron chi connectivity index (χ0n) is 17.4. The van der Waals surface area contributed by atoms with E-state index in [1.165, 1.54) is 40.9 Å². The number of rotatable bonds is 7. The normalized spacial score (nSPS) is 14.6. The molecule has 0 radical (unpaired) electrons. The highest BCUT2D eigenvalue weighted by Crippen LogP contribution is 2.35. The largest absolute Gasteiger partial charge is 0.488 e. The van der Waals surface area contributed by atoms with E-state index >= 15 is 0 Å². The van der Waals surface area contributed by atoms with Crippen LogP contribution in [0.15, 0.2) is 76.1 Å². The molecule has 0 N–H and O–H groups in total. The number of amides is 1. The number of thiocarbonyl (C=S) groups is 1. The second-order valence-electron chi connectivity index (χ2n) is 7.30. The molecule has 0 bridgehead atoms. The Bertz CT molecular complexity index is 1310. The van der Waals surface area contributed by atoms with E-state index in [2.05, 4.69) is 15.9 Å². The number of hydrogen-bond donors (Lipinski definition) is 0. The molecule has 0 aliphatic carbocycles. The van der Waals surface area contributed by atoms with Gasteiger partial charge in [0.15, 0.2) is 0 Å². The predicted molar refractivity (Wildman–Crippen MR) is 137 cm³/mol. The number of halogens is 2. The summed E-state index contributed by atoms with van der Waals surface area (Å²) in [6.45, 7) is 0.443. The van der Waals surface area contributed by atoms with Gasteiger partial charge in [-0.25, -0.2) is 4.39 Å². The third kappa shape index (κ3) is 5.69. The van der Waals surface area contributed by atoms with Crippen molar-refractivity contribution in [2.24, 2.45) is 0 Å². The van der Waals surface area contributed by atoms with Gasteiger partial charge in [-0.3, -0.25) is 19.8 Å². The molecule has 0 unspecified atom stereocenters. The maximum atomic E-state index is 13.1. The van der Waals surface area contributed by atoms with Crippen molar-refractivity contribution >= 4 is 61.9 Å². The van der Waals surface area contributed by atoms with Crippen molar-refractivity contribution in [3.05, 3.63) is 109 Å². The van der Waals surface area contributed by atoms with Gasteiger partial charge >= 0.3 is 0 Å². The van der Waals surface area contributed by atoms with Crippen LogP contribution in [-0.2, 0) is 17.9 Å². The van der Waals surface area contributed by atoms with Gasteiger partial charge < -0.3 is 4.74 Å². The van der Waals surface area contributed by atoms with E-state index in [1.54, 1.807) is 42.5 Å². The summed E-state index contributed by atoms with van der Waals surface area (Å²) in [5, 5.41) is 10.9. The SMILES string of the molecule is O=C1C(=Cc2ccc(OCc3cccc([N+](=O)[O-])c3)c(Br)c2)SC(=S)N1Cc1ccc(F)cc1. The van der Waals surface area contributed by atoms with Crippen LogP contribution < -0.4 is 4.74 Å². The highest BCUT2D eigenvalue weighted by molar-refractivity contribution is 9.10. The molecule has 10 heteroatoms. The third-order valence-electron chi connectivity index (χ3n) is 4.90. The Labute approximate surface area is 212 Å². The zero-order chi connectivity index (χ0) is 24.2. The fraction of sp³-hybridized carbons (Fsp3) is 0.0833. The number of ether oxygens (including phenoxy) is 1. The number of nitrogens with zero attached hydrogens (tertiary/aromatic N) is 2. The van der Waals surface area contributed by atoms with Crippen LogP contribution >= 0.6 is 39.9 Å². The van der Waals surface area contributed by atoms with Crippen LogP contribution in [0.2, 0.25) is 0 Å². The minimum Gasteiger partial charge on any atom is -0.488 e. The number of thioether (sulfide) groups is 1. The number of nitro benzene ring substituents is 1. The summed E-state index contributed by atoms with van der Waals surface area (Å²) in [4.78, 5) is 25.3. The van der Waals surface area contributed by atoms with Gasteiger partial charge in [0.2, 0.25) is 0 Å². The van der Waals surface area contributed by atoms with E-state index in [4.69, 9.17) is 17.0 Å². The fourth-order valence-electron chi connectivity index (χ4n) is 3.20. The summed E-state index contributed by atoms with van der Waals surface area (Å²) >= 11 is 10.1. The number of carbonyl (C=O) groups is 1. The highest BCUT2D eigenvalue weighted by Gasteiger charge is 2.32. The van der Waals surface area contributed by atoms with E-state index in [0.717, 1.165) is 11.1 Å². The molecular weight excluding hydrogens is 543 g/mol. The Morgan fingerprint density at radius 2 is 1.88 bits per heavy atom. The Hall–Kier alpha value is -3.08. The second kappa shape index (κ2) is 10.5. The maximum absolute atomic E-state index is 13.1. The van der Waals surface area contributed by atoms with Crippen LogP contribution in [0.4, 0.5) is 10.1 Å². The van der Waals surface area contributed by atoms with Gasteiger partial charge in [0, 0.05) is 12.1 Å². The summed E-state index contributed by atoms with van der Waals surface area (Å²) in [6, 6.07) is 17.6. The van der Waals surface area contributed by atoms with Crippen LogP contribution in [0.1, 0.15) is 16.7 Å². The average molecular weight is 559 g/mol. The molecule has 172 valence electrons. The third-order valence-corrected chi connectivity index (χ3v) is 6.89. The van der Waals surface area contributed by atoms with Crippen molar-refractivity contribution in [1.82, 2.24) is 4.90 Å².